The first kappa shape index (κ1) is 21.1. The van der Waals surface area contributed by atoms with Gasteiger partial charge in [-0.25, -0.2) is 9.82 Å². The van der Waals surface area contributed by atoms with Gasteiger partial charge in [-0.3, -0.25) is 9.59 Å². The zero-order chi connectivity index (χ0) is 21.7. The van der Waals surface area contributed by atoms with Crippen molar-refractivity contribution in [3.8, 4) is 17.2 Å². The highest BCUT2D eigenvalue weighted by atomic mass is 19.1. The highest BCUT2D eigenvalue weighted by Crippen LogP contribution is 2.37. The summed E-state index contributed by atoms with van der Waals surface area (Å²) in [5.41, 5.74) is 3.64. The van der Waals surface area contributed by atoms with Crippen LogP contribution in [0.2, 0.25) is 0 Å². The first-order chi connectivity index (χ1) is 14.5. The molecule has 9 heteroatoms. The molecule has 0 aliphatic carbocycles. The van der Waals surface area contributed by atoms with E-state index in [0.717, 1.165) is 0 Å². The van der Waals surface area contributed by atoms with E-state index in [1.165, 1.54) is 56.7 Å². The van der Waals surface area contributed by atoms with Crippen molar-refractivity contribution in [2.75, 3.05) is 32.8 Å². The van der Waals surface area contributed by atoms with Gasteiger partial charge in [-0.15, -0.1) is 0 Å². The normalized spacial score (nSPS) is 16.1. The van der Waals surface area contributed by atoms with Crippen molar-refractivity contribution in [3.05, 3.63) is 47.8 Å². The predicted molar refractivity (Wildman–Crippen MR) is 109 cm³/mol. The van der Waals surface area contributed by atoms with E-state index < -0.39 is 5.92 Å². The summed E-state index contributed by atoms with van der Waals surface area (Å²) in [6, 6.07) is 8.94. The van der Waals surface area contributed by atoms with E-state index in [1.807, 2.05) is 0 Å². The van der Waals surface area contributed by atoms with Gasteiger partial charge in [0.2, 0.25) is 17.6 Å². The Hall–Kier alpha value is -3.62. The summed E-state index contributed by atoms with van der Waals surface area (Å²) < 4.78 is 28.9. The summed E-state index contributed by atoms with van der Waals surface area (Å²) in [7, 11) is 4.51. The molecule has 0 bridgehead atoms. The van der Waals surface area contributed by atoms with Crippen molar-refractivity contribution in [2.24, 2.45) is 11.0 Å². The Labute approximate surface area is 173 Å². The molecule has 1 fully saturated rings. The molecule has 158 valence electrons. The van der Waals surface area contributed by atoms with Gasteiger partial charge >= 0.3 is 0 Å². The number of hydrogen-bond acceptors (Lipinski definition) is 6. The van der Waals surface area contributed by atoms with Crippen LogP contribution in [0.3, 0.4) is 0 Å². The highest BCUT2D eigenvalue weighted by Gasteiger charge is 2.35. The van der Waals surface area contributed by atoms with Crippen LogP contribution in [0.4, 0.5) is 10.1 Å². The van der Waals surface area contributed by atoms with Crippen LogP contribution in [0.5, 0.6) is 17.2 Å². The third-order valence-electron chi connectivity index (χ3n) is 4.71. The monoisotopic (exact) mass is 415 g/mol. The lowest BCUT2D eigenvalue weighted by Gasteiger charge is -2.16. The van der Waals surface area contributed by atoms with E-state index in [0.29, 0.717) is 28.5 Å². The van der Waals surface area contributed by atoms with Gasteiger partial charge in [-0.1, -0.05) is 0 Å². The number of methoxy groups -OCH3 is 3. The van der Waals surface area contributed by atoms with E-state index in [1.54, 1.807) is 12.1 Å². The molecule has 1 N–H and O–H groups in total. The average molecular weight is 415 g/mol. The van der Waals surface area contributed by atoms with E-state index in [-0.39, 0.29) is 30.6 Å². The number of anilines is 1. The molecule has 3 rings (SSSR count). The third-order valence-corrected chi connectivity index (χ3v) is 4.71. The van der Waals surface area contributed by atoms with Crippen LogP contribution in [0.25, 0.3) is 0 Å². The van der Waals surface area contributed by atoms with Crippen LogP contribution < -0.4 is 24.5 Å². The maximum atomic E-state index is 13.1. The number of nitrogens with one attached hydrogen (secondary N) is 1. The van der Waals surface area contributed by atoms with E-state index in [9.17, 15) is 14.0 Å². The molecule has 2 amide bonds. The Bertz CT molecular complexity index is 937. The van der Waals surface area contributed by atoms with Crippen molar-refractivity contribution in [2.45, 2.75) is 6.42 Å². The quantitative estimate of drug-likeness (QED) is 0.554. The topological polar surface area (TPSA) is 89.5 Å². The van der Waals surface area contributed by atoms with Gasteiger partial charge in [0.25, 0.3) is 0 Å². The summed E-state index contributed by atoms with van der Waals surface area (Å²) in [5, 5.41) is 3.97. The highest BCUT2D eigenvalue weighted by molar-refractivity contribution is 6.00. The van der Waals surface area contributed by atoms with Crippen LogP contribution in [-0.4, -0.2) is 45.9 Å². The number of rotatable bonds is 7. The third kappa shape index (κ3) is 4.51. The van der Waals surface area contributed by atoms with Crippen LogP contribution in [0.15, 0.2) is 41.5 Å². The summed E-state index contributed by atoms with van der Waals surface area (Å²) in [6.07, 6.45) is 1.50. The van der Waals surface area contributed by atoms with Crippen molar-refractivity contribution >= 4 is 23.7 Å². The molecule has 1 heterocycles. The molecular formula is C21H22FN3O5. The fourth-order valence-corrected chi connectivity index (χ4v) is 3.19. The van der Waals surface area contributed by atoms with Crippen LogP contribution in [0.1, 0.15) is 12.0 Å². The Balaban J connectivity index is 1.65. The smallest absolute Gasteiger partial charge is 0.245 e. The Morgan fingerprint density at radius 3 is 2.33 bits per heavy atom. The molecular weight excluding hydrogens is 393 g/mol. The van der Waals surface area contributed by atoms with Gasteiger partial charge in [0, 0.05) is 24.2 Å². The molecule has 1 atom stereocenters. The fourth-order valence-electron chi connectivity index (χ4n) is 3.19. The SMILES string of the molecule is COc1cc(/C=N\NC(=O)[C@@H]2CC(=O)N(c3ccc(F)cc3)C2)cc(OC)c1OC. The minimum atomic E-state index is -0.556. The first-order valence-electron chi connectivity index (χ1n) is 9.15. The van der Waals surface area contributed by atoms with Crippen molar-refractivity contribution in [3.63, 3.8) is 0 Å². The Morgan fingerprint density at radius 2 is 1.77 bits per heavy atom. The molecule has 30 heavy (non-hydrogen) atoms. The van der Waals surface area contributed by atoms with E-state index >= 15 is 0 Å². The summed E-state index contributed by atoms with van der Waals surface area (Å²) in [5.74, 6) is -0.152. The van der Waals surface area contributed by atoms with Crippen LogP contribution in [0, 0.1) is 11.7 Å². The van der Waals surface area contributed by atoms with Crippen LogP contribution >= 0.6 is 0 Å². The first-order valence-corrected chi connectivity index (χ1v) is 9.15. The molecule has 0 radical (unpaired) electrons. The largest absolute Gasteiger partial charge is 0.493 e. The van der Waals surface area contributed by atoms with Gasteiger partial charge < -0.3 is 19.1 Å². The van der Waals surface area contributed by atoms with Gasteiger partial charge in [-0.05, 0) is 36.4 Å². The molecule has 0 spiro atoms. The summed E-state index contributed by atoms with van der Waals surface area (Å²) >= 11 is 0. The number of carbonyl (C=O) groups is 2. The van der Waals surface area contributed by atoms with Gasteiger partial charge in [0.15, 0.2) is 11.5 Å². The zero-order valence-electron chi connectivity index (χ0n) is 16.8. The van der Waals surface area contributed by atoms with Gasteiger partial charge in [0.1, 0.15) is 5.82 Å². The van der Waals surface area contributed by atoms with Crippen LogP contribution in [-0.2, 0) is 9.59 Å². The number of benzene rings is 2. The number of halogens is 1. The van der Waals surface area contributed by atoms with Crippen molar-refractivity contribution in [1.29, 1.82) is 0 Å². The fraction of sp³-hybridized carbons (Fsp3) is 0.286. The molecule has 1 saturated heterocycles. The molecule has 1 aliphatic rings. The predicted octanol–water partition coefficient (Wildman–Crippen LogP) is 2.35. The molecule has 8 nitrogen and oxygen atoms in total. The summed E-state index contributed by atoms with van der Waals surface area (Å²) in [6.45, 7) is 0.204. The average Bonchev–Trinajstić information content (AvgIpc) is 3.15. The second-order valence-corrected chi connectivity index (χ2v) is 6.57. The maximum absolute atomic E-state index is 13.1. The lowest BCUT2D eigenvalue weighted by Crippen LogP contribution is -2.30. The van der Waals surface area contributed by atoms with Gasteiger partial charge in [0.05, 0.1) is 33.5 Å². The molecule has 2 aromatic rings. The Morgan fingerprint density at radius 1 is 1.13 bits per heavy atom. The van der Waals surface area contributed by atoms with E-state index in [2.05, 4.69) is 10.5 Å². The summed E-state index contributed by atoms with van der Waals surface area (Å²) in [4.78, 5) is 26.1. The number of hydrazone groups is 1. The number of carbonyl (C=O) groups excluding carboxylic acids is 2. The zero-order valence-corrected chi connectivity index (χ0v) is 16.8. The second-order valence-electron chi connectivity index (χ2n) is 6.57. The lowest BCUT2D eigenvalue weighted by atomic mass is 10.1. The molecule has 0 saturated carbocycles. The van der Waals surface area contributed by atoms with Crippen molar-refractivity contribution in [1.82, 2.24) is 5.43 Å². The molecule has 2 aromatic carbocycles. The van der Waals surface area contributed by atoms with E-state index in [4.69, 9.17) is 14.2 Å². The standard InChI is InChI=1S/C21H22FN3O5/c1-28-17-8-13(9-18(29-2)20(17)30-3)11-23-24-21(27)14-10-19(26)25(12-14)16-6-4-15(22)5-7-16/h4-9,11,14H,10,12H2,1-3H3,(H,24,27)/b23-11-/t14-/m1/s1. The molecule has 0 unspecified atom stereocenters. The van der Waals surface area contributed by atoms with Crippen molar-refractivity contribution < 1.29 is 28.2 Å². The minimum Gasteiger partial charge on any atom is -0.493 e. The number of ether oxygens (including phenoxy) is 3. The molecule has 0 aromatic heterocycles. The lowest BCUT2D eigenvalue weighted by molar-refractivity contribution is -0.126. The Kier molecular flexibility index (Phi) is 6.51. The number of nitrogens with zero attached hydrogens (tertiary/aromatic N) is 2. The maximum Gasteiger partial charge on any atom is 0.245 e. The minimum absolute atomic E-state index is 0.0584. The number of hydrogen-bond donors (Lipinski definition) is 1. The van der Waals surface area contributed by atoms with Gasteiger partial charge in [-0.2, -0.15) is 5.10 Å². The molecule has 1 aliphatic heterocycles. The second kappa shape index (κ2) is 9.25. The number of amides is 2.